The Balaban J connectivity index is 1.57. The van der Waals surface area contributed by atoms with E-state index in [1.807, 2.05) is 6.92 Å². The number of nitriles is 1. The minimum atomic E-state index is -5.07. The van der Waals surface area contributed by atoms with Crippen LogP contribution in [-0.2, 0) is 26.7 Å². The molecule has 42 heavy (non-hydrogen) atoms. The molecule has 3 aliphatic heterocycles. The molecule has 3 aliphatic rings. The summed E-state index contributed by atoms with van der Waals surface area (Å²) in [5.41, 5.74) is -4.47. The van der Waals surface area contributed by atoms with Gasteiger partial charge < -0.3 is 19.9 Å². The molecule has 3 fully saturated rings. The monoisotopic (exact) mass is 603 g/mol. The third-order valence-corrected chi connectivity index (χ3v) is 7.47. The first-order chi connectivity index (χ1) is 19.3. The number of nitrogens with one attached hydrogen (secondary N) is 1. The number of alkyl halides is 6. The minimum absolute atomic E-state index is 0.000864. The van der Waals surface area contributed by atoms with Crippen molar-refractivity contribution < 1.29 is 45.5 Å². The molecule has 4 unspecified atom stereocenters. The van der Waals surface area contributed by atoms with Crippen LogP contribution in [0, 0.1) is 17.2 Å². The molecule has 1 aromatic rings. The Morgan fingerprint density at radius 1 is 1.05 bits per heavy atom. The molecule has 4 rings (SSSR count). The van der Waals surface area contributed by atoms with Gasteiger partial charge in [-0.25, -0.2) is 4.79 Å². The smallest absolute Gasteiger partial charge is 0.416 e. The van der Waals surface area contributed by atoms with E-state index in [1.54, 1.807) is 25.7 Å². The highest BCUT2D eigenvalue weighted by Crippen LogP contribution is 2.42. The quantitative estimate of drug-likeness (QED) is 0.507. The van der Waals surface area contributed by atoms with Crippen molar-refractivity contribution in [2.45, 2.75) is 82.7 Å². The Hall–Kier alpha value is -3.54. The lowest BCUT2D eigenvalue weighted by Crippen LogP contribution is -2.59. The molecule has 0 spiro atoms. The number of halogens is 6. The summed E-state index contributed by atoms with van der Waals surface area (Å²) in [6.07, 6.45) is -10.5. The highest BCUT2D eigenvalue weighted by atomic mass is 19.4. The van der Waals surface area contributed by atoms with Gasteiger partial charge in [0.15, 0.2) is 0 Å². The number of nitrogens with zero attached hydrogens (tertiary/aromatic N) is 4. The molecule has 230 valence electrons. The number of carbonyl (C=O) groups is 3. The summed E-state index contributed by atoms with van der Waals surface area (Å²) in [6, 6.07) is -0.534. The van der Waals surface area contributed by atoms with E-state index >= 15 is 0 Å². The van der Waals surface area contributed by atoms with Crippen LogP contribution in [0.5, 0.6) is 0 Å². The van der Waals surface area contributed by atoms with Gasteiger partial charge in [-0.15, -0.1) is 0 Å². The molecule has 3 amide bonds. The largest absolute Gasteiger partial charge is 0.444 e. The van der Waals surface area contributed by atoms with Gasteiger partial charge in [0.25, 0.3) is 0 Å². The number of amides is 3. The van der Waals surface area contributed by atoms with Crippen molar-refractivity contribution in [1.29, 1.82) is 5.26 Å². The normalized spacial score (nSPS) is 25.5. The Bertz CT molecular complexity index is 1260. The van der Waals surface area contributed by atoms with Gasteiger partial charge in [-0.3, -0.25) is 14.5 Å². The number of carbonyl (C=O) groups excluding carboxylic acids is 3. The van der Waals surface area contributed by atoms with Crippen LogP contribution in [0.4, 0.5) is 36.8 Å². The van der Waals surface area contributed by atoms with E-state index in [0.29, 0.717) is 18.6 Å². The predicted molar refractivity (Wildman–Crippen MR) is 136 cm³/mol. The minimum Gasteiger partial charge on any atom is -0.444 e. The van der Waals surface area contributed by atoms with Crippen molar-refractivity contribution in [2.75, 3.05) is 24.5 Å². The average Bonchev–Trinajstić information content (AvgIpc) is 3.52. The van der Waals surface area contributed by atoms with E-state index in [-0.39, 0.29) is 38.0 Å². The molecule has 0 aromatic heterocycles. The summed E-state index contributed by atoms with van der Waals surface area (Å²) in [6.45, 7) is 6.88. The maximum absolute atomic E-state index is 13.6. The van der Waals surface area contributed by atoms with Crippen molar-refractivity contribution in [3.05, 3.63) is 29.3 Å². The summed E-state index contributed by atoms with van der Waals surface area (Å²) >= 11 is 0. The van der Waals surface area contributed by atoms with Gasteiger partial charge in [0.05, 0.1) is 29.3 Å². The van der Waals surface area contributed by atoms with Gasteiger partial charge >= 0.3 is 18.4 Å². The van der Waals surface area contributed by atoms with Crippen molar-refractivity contribution in [1.82, 2.24) is 15.1 Å². The molecular formula is C27H31F6N5O4. The molecule has 1 aromatic carbocycles. The Kier molecular flexibility index (Phi) is 8.18. The molecule has 0 aliphatic carbocycles. The van der Waals surface area contributed by atoms with Crippen LogP contribution in [0.3, 0.4) is 0 Å². The van der Waals surface area contributed by atoms with Crippen molar-refractivity contribution >= 4 is 23.6 Å². The molecule has 5 atom stereocenters. The number of anilines is 1. The van der Waals surface area contributed by atoms with E-state index in [9.17, 15) is 46.0 Å². The second kappa shape index (κ2) is 10.9. The predicted octanol–water partition coefficient (Wildman–Crippen LogP) is 4.17. The highest BCUT2D eigenvalue weighted by Gasteiger charge is 2.52. The molecular weight excluding hydrogens is 572 g/mol. The van der Waals surface area contributed by atoms with Crippen LogP contribution in [-0.4, -0.2) is 77.1 Å². The van der Waals surface area contributed by atoms with Crippen LogP contribution >= 0.6 is 0 Å². The van der Waals surface area contributed by atoms with E-state index in [4.69, 9.17) is 4.74 Å². The second-order valence-electron chi connectivity index (χ2n) is 12.0. The van der Waals surface area contributed by atoms with Crippen molar-refractivity contribution in [2.24, 2.45) is 5.92 Å². The molecule has 3 heterocycles. The van der Waals surface area contributed by atoms with Crippen LogP contribution in [0.2, 0.25) is 0 Å². The second-order valence-corrected chi connectivity index (χ2v) is 12.0. The Morgan fingerprint density at radius 3 is 2.14 bits per heavy atom. The van der Waals surface area contributed by atoms with Crippen LogP contribution < -0.4 is 10.2 Å². The fourth-order valence-corrected chi connectivity index (χ4v) is 5.76. The van der Waals surface area contributed by atoms with Crippen LogP contribution in [0.25, 0.3) is 0 Å². The van der Waals surface area contributed by atoms with E-state index in [1.165, 1.54) is 4.90 Å². The fourth-order valence-electron chi connectivity index (χ4n) is 5.76. The number of hydrogen-bond acceptors (Lipinski definition) is 6. The maximum Gasteiger partial charge on any atom is 0.416 e. The first-order valence-electron chi connectivity index (χ1n) is 13.3. The molecule has 0 saturated carbocycles. The topological polar surface area (TPSA) is 106 Å². The van der Waals surface area contributed by atoms with E-state index in [0.717, 1.165) is 4.90 Å². The van der Waals surface area contributed by atoms with Gasteiger partial charge in [-0.1, -0.05) is 6.92 Å². The zero-order valence-corrected chi connectivity index (χ0v) is 23.3. The Morgan fingerprint density at radius 2 is 1.64 bits per heavy atom. The summed E-state index contributed by atoms with van der Waals surface area (Å²) < 4.78 is 85.8. The summed E-state index contributed by atoms with van der Waals surface area (Å²) in [5, 5.41) is 12.1. The molecule has 15 heteroatoms. The number of hydrogen-bond donors (Lipinski definition) is 1. The maximum atomic E-state index is 13.6. The SMILES string of the molecule is CC1CC(C#N)N(C(=O)C(CN2C[C@@H]3CC2C(=O)N3c2cc(C(F)(F)F)cc(C(F)(F)F)c2)NC(=O)OC(C)(C)C)C1. The van der Waals surface area contributed by atoms with Gasteiger partial charge in [-0.2, -0.15) is 31.6 Å². The number of rotatable bonds is 5. The molecule has 3 saturated heterocycles. The molecule has 0 radical (unpaired) electrons. The summed E-state index contributed by atoms with van der Waals surface area (Å²) in [7, 11) is 0. The third kappa shape index (κ3) is 6.58. The molecule has 9 nitrogen and oxygen atoms in total. The zero-order valence-electron chi connectivity index (χ0n) is 23.3. The Labute approximate surface area is 238 Å². The van der Waals surface area contributed by atoms with Gasteiger partial charge in [0.2, 0.25) is 11.8 Å². The fraction of sp³-hybridized carbons (Fsp3) is 0.630. The van der Waals surface area contributed by atoms with Gasteiger partial charge in [-0.05, 0) is 57.7 Å². The van der Waals surface area contributed by atoms with E-state index in [2.05, 4.69) is 11.4 Å². The lowest BCUT2D eigenvalue weighted by atomic mass is 10.1. The summed E-state index contributed by atoms with van der Waals surface area (Å²) in [4.78, 5) is 43.4. The number of piperazine rings is 1. The first kappa shape index (κ1) is 31.4. The highest BCUT2D eigenvalue weighted by molar-refractivity contribution is 6.01. The summed E-state index contributed by atoms with van der Waals surface area (Å²) in [5.74, 6) is -1.24. The molecule has 1 N–H and O–H groups in total. The number of benzene rings is 1. The van der Waals surface area contributed by atoms with E-state index < -0.39 is 76.8 Å². The van der Waals surface area contributed by atoms with Crippen LogP contribution in [0.15, 0.2) is 18.2 Å². The molecule has 2 bridgehead atoms. The number of likely N-dealkylation sites (tertiary alicyclic amines) is 2. The zero-order chi connectivity index (χ0) is 31.4. The van der Waals surface area contributed by atoms with Crippen molar-refractivity contribution in [3.63, 3.8) is 0 Å². The first-order valence-corrected chi connectivity index (χ1v) is 13.3. The number of alkyl carbamates (subject to hydrolysis) is 1. The van der Waals surface area contributed by atoms with Crippen LogP contribution in [0.1, 0.15) is 51.7 Å². The number of ether oxygens (including phenoxy) is 1. The lowest BCUT2D eigenvalue weighted by molar-refractivity contribution is -0.143. The van der Waals surface area contributed by atoms with Crippen molar-refractivity contribution in [3.8, 4) is 6.07 Å². The number of fused-ring (bicyclic) bond motifs is 2. The van der Waals surface area contributed by atoms with Gasteiger partial charge in [0, 0.05) is 25.3 Å². The third-order valence-electron chi connectivity index (χ3n) is 7.47. The lowest BCUT2D eigenvalue weighted by Gasteiger charge is -2.36. The average molecular weight is 604 g/mol. The van der Waals surface area contributed by atoms with Gasteiger partial charge in [0.1, 0.15) is 17.7 Å². The standard InChI is InChI=1S/C27H31F6N5O4/c1-14-5-18(10-34)37(11-14)22(39)20(35-24(41)42-25(2,3)4)13-36-12-19-9-21(36)23(40)38(19)17-7-15(26(28,29)30)6-16(8-17)27(31,32)33/h6-8,14,18-21H,5,9,11-13H2,1-4H3,(H,35,41)/t14?,18?,19-,20?,21?/m0/s1.